The van der Waals surface area contributed by atoms with Crippen molar-refractivity contribution in [1.29, 1.82) is 0 Å². The van der Waals surface area contributed by atoms with Crippen LogP contribution in [0.4, 0.5) is 0 Å². The van der Waals surface area contributed by atoms with E-state index >= 15 is 0 Å². The first-order chi connectivity index (χ1) is 15.6. The first kappa shape index (κ1) is 21.9. The predicted molar refractivity (Wildman–Crippen MR) is 128 cm³/mol. The van der Waals surface area contributed by atoms with Crippen molar-refractivity contribution in [3.05, 3.63) is 76.5 Å². The topological polar surface area (TPSA) is 78.8 Å². The van der Waals surface area contributed by atoms with Crippen LogP contribution in [0, 0.1) is 12.3 Å². The summed E-state index contributed by atoms with van der Waals surface area (Å²) < 4.78 is 25.8. The number of Topliss-reactive ketones (excluding diaryl/α,β-unsaturated/α-hetero) is 1. The van der Waals surface area contributed by atoms with Crippen molar-refractivity contribution < 1.29 is 13.2 Å². The van der Waals surface area contributed by atoms with Gasteiger partial charge in [0.05, 0.1) is 22.2 Å². The predicted octanol–water partition coefficient (Wildman–Crippen LogP) is 4.28. The maximum absolute atomic E-state index is 13.3. The molecule has 2 aliphatic heterocycles. The zero-order valence-corrected chi connectivity index (χ0v) is 20.1. The number of hydrogen-bond donors (Lipinski definition) is 1. The van der Waals surface area contributed by atoms with Gasteiger partial charge in [-0.3, -0.25) is 4.79 Å². The van der Waals surface area contributed by atoms with Crippen molar-refractivity contribution in [2.45, 2.75) is 57.4 Å². The molecule has 7 heteroatoms. The maximum Gasteiger partial charge on any atom is 0.276 e. The fourth-order valence-corrected chi connectivity index (χ4v) is 6.16. The third kappa shape index (κ3) is 3.99. The van der Waals surface area contributed by atoms with Gasteiger partial charge in [-0.1, -0.05) is 55.8 Å². The number of ketones is 1. The number of hydrazone groups is 1. The van der Waals surface area contributed by atoms with Gasteiger partial charge in [-0.2, -0.15) is 18.4 Å². The van der Waals surface area contributed by atoms with E-state index in [4.69, 9.17) is 0 Å². The molecule has 33 heavy (non-hydrogen) atoms. The van der Waals surface area contributed by atoms with Gasteiger partial charge in [0, 0.05) is 25.1 Å². The van der Waals surface area contributed by atoms with Crippen molar-refractivity contribution in [2.24, 2.45) is 10.5 Å². The highest BCUT2D eigenvalue weighted by Gasteiger charge is 2.44. The Morgan fingerprint density at radius 2 is 1.79 bits per heavy atom. The van der Waals surface area contributed by atoms with Gasteiger partial charge in [-0.25, -0.2) is 0 Å². The lowest BCUT2D eigenvalue weighted by Crippen LogP contribution is -2.46. The van der Waals surface area contributed by atoms with Crippen LogP contribution in [0.1, 0.15) is 55.8 Å². The van der Waals surface area contributed by atoms with Gasteiger partial charge in [0.1, 0.15) is 0 Å². The molecule has 172 valence electrons. The smallest absolute Gasteiger partial charge is 0.276 e. The molecular weight excluding hydrogens is 434 g/mol. The number of aryl methyl sites for hydroxylation is 1. The van der Waals surface area contributed by atoms with Gasteiger partial charge >= 0.3 is 0 Å². The van der Waals surface area contributed by atoms with E-state index in [1.54, 1.807) is 24.3 Å². The summed E-state index contributed by atoms with van der Waals surface area (Å²) in [5, 5.41) is 4.37. The molecular formula is C26H29N3O3S. The lowest BCUT2D eigenvalue weighted by Gasteiger charge is -2.48. The van der Waals surface area contributed by atoms with Gasteiger partial charge in [0.25, 0.3) is 10.0 Å². The molecule has 0 fully saturated rings. The van der Waals surface area contributed by atoms with Crippen molar-refractivity contribution in [1.82, 2.24) is 9.73 Å². The van der Waals surface area contributed by atoms with Crippen molar-refractivity contribution in [3.63, 3.8) is 0 Å². The van der Waals surface area contributed by atoms with Crippen LogP contribution < -0.4 is 4.83 Å². The fourth-order valence-electron chi connectivity index (χ4n) is 5.33. The number of carbonyl (C=O) groups is 1. The summed E-state index contributed by atoms with van der Waals surface area (Å²) in [5.41, 5.74) is 5.55. The number of nitrogens with one attached hydrogen (secondary N) is 1. The SMILES string of the molecule is Cc1ccc(S(=O)(=O)N/N=C2/C[C@H]3c4ccccc4CCN3C3=C2C(=O)CC(C)(C)C3)cc1. The van der Waals surface area contributed by atoms with E-state index in [0.29, 0.717) is 24.1 Å². The van der Waals surface area contributed by atoms with E-state index in [-0.39, 0.29) is 22.1 Å². The second-order valence-corrected chi connectivity index (χ2v) is 11.8. The van der Waals surface area contributed by atoms with Gasteiger partial charge in [0.15, 0.2) is 5.78 Å². The Hall–Kier alpha value is -2.93. The Balaban J connectivity index is 1.57. The number of nitrogens with zero attached hydrogens (tertiary/aromatic N) is 2. The molecule has 0 saturated carbocycles. The summed E-state index contributed by atoms with van der Waals surface area (Å²) >= 11 is 0. The van der Waals surface area contributed by atoms with Gasteiger partial charge in [0.2, 0.25) is 0 Å². The van der Waals surface area contributed by atoms with E-state index in [2.05, 4.69) is 46.9 Å². The molecule has 0 radical (unpaired) electrons. The molecule has 2 aromatic rings. The number of hydrogen-bond acceptors (Lipinski definition) is 5. The quantitative estimate of drug-likeness (QED) is 0.690. The number of benzene rings is 2. The molecule has 0 aromatic heterocycles. The summed E-state index contributed by atoms with van der Waals surface area (Å²) in [5.74, 6) is 0.0480. The molecule has 2 heterocycles. The Labute approximate surface area is 195 Å². The van der Waals surface area contributed by atoms with Gasteiger partial charge in [-0.05, 0) is 48.4 Å². The summed E-state index contributed by atoms with van der Waals surface area (Å²) in [7, 11) is -3.83. The lowest BCUT2D eigenvalue weighted by atomic mass is 9.71. The minimum atomic E-state index is -3.83. The Morgan fingerprint density at radius 1 is 1.06 bits per heavy atom. The molecule has 1 aliphatic carbocycles. The Morgan fingerprint density at radius 3 is 2.55 bits per heavy atom. The first-order valence-corrected chi connectivity index (χ1v) is 12.9. The van der Waals surface area contributed by atoms with Crippen LogP contribution in [0.5, 0.6) is 0 Å². The second kappa shape index (κ2) is 7.83. The van der Waals surface area contributed by atoms with Crippen LogP contribution in [-0.4, -0.2) is 31.4 Å². The molecule has 0 saturated heterocycles. The van der Waals surface area contributed by atoms with Crippen LogP contribution in [0.3, 0.4) is 0 Å². The van der Waals surface area contributed by atoms with E-state index < -0.39 is 10.0 Å². The Bertz CT molecular complexity index is 1290. The van der Waals surface area contributed by atoms with Crippen LogP contribution in [0.15, 0.2) is 69.8 Å². The normalized spacial score (nSPS) is 23.1. The van der Waals surface area contributed by atoms with Crippen LogP contribution in [0.2, 0.25) is 0 Å². The van der Waals surface area contributed by atoms with Crippen molar-refractivity contribution >= 4 is 21.5 Å². The molecule has 0 bridgehead atoms. The van der Waals surface area contributed by atoms with E-state index in [1.807, 2.05) is 13.0 Å². The number of sulfonamides is 1. The molecule has 0 amide bonds. The molecule has 1 atom stereocenters. The minimum absolute atomic E-state index is 0.0480. The third-order valence-electron chi connectivity index (χ3n) is 6.92. The molecule has 2 aromatic carbocycles. The highest BCUT2D eigenvalue weighted by Crippen LogP contribution is 2.47. The number of carbonyl (C=O) groups excluding carboxylic acids is 1. The number of allylic oxidation sites excluding steroid dienone is 2. The van der Waals surface area contributed by atoms with Crippen molar-refractivity contribution in [3.8, 4) is 0 Å². The second-order valence-electron chi connectivity index (χ2n) is 10.1. The van der Waals surface area contributed by atoms with E-state index in [1.165, 1.54) is 11.1 Å². The average molecular weight is 464 g/mol. The van der Waals surface area contributed by atoms with Crippen LogP contribution >= 0.6 is 0 Å². The highest BCUT2D eigenvalue weighted by atomic mass is 32.2. The first-order valence-electron chi connectivity index (χ1n) is 11.4. The summed E-state index contributed by atoms with van der Waals surface area (Å²) in [6.45, 7) is 7.00. The highest BCUT2D eigenvalue weighted by molar-refractivity contribution is 7.89. The molecule has 6 nitrogen and oxygen atoms in total. The minimum Gasteiger partial charge on any atom is -0.366 e. The van der Waals surface area contributed by atoms with Crippen LogP contribution in [-0.2, 0) is 21.2 Å². The average Bonchev–Trinajstić information content (AvgIpc) is 2.76. The summed E-state index contributed by atoms with van der Waals surface area (Å²) in [4.78, 5) is 18.2. The molecule has 1 N–H and O–H groups in total. The van der Waals surface area contributed by atoms with Gasteiger partial charge < -0.3 is 4.90 Å². The van der Waals surface area contributed by atoms with Crippen LogP contribution in [0.25, 0.3) is 0 Å². The number of rotatable bonds is 3. The maximum atomic E-state index is 13.3. The molecule has 0 unspecified atom stereocenters. The largest absolute Gasteiger partial charge is 0.366 e. The van der Waals surface area contributed by atoms with E-state index in [9.17, 15) is 13.2 Å². The Kier molecular flexibility index (Phi) is 5.20. The van der Waals surface area contributed by atoms with Crippen molar-refractivity contribution in [2.75, 3.05) is 6.54 Å². The number of fused-ring (bicyclic) bond motifs is 4. The van der Waals surface area contributed by atoms with E-state index in [0.717, 1.165) is 30.6 Å². The zero-order valence-electron chi connectivity index (χ0n) is 19.3. The molecule has 0 spiro atoms. The molecule has 3 aliphatic rings. The van der Waals surface area contributed by atoms with Gasteiger partial charge in [-0.15, -0.1) is 0 Å². The standard InChI is InChI=1S/C26H29N3O3S/c1-17-8-10-19(11-9-17)33(31,32)28-27-21-14-22-20-7-5-4-6-18(20)12-13-29(22)23-15-26(2,3)16-24(30)25(21)23/h4-11,22,28H,12-16H2,1-3H3/b27-21-/t22-/m0/s1. The molecule has 5 rings (SSSR count). The fraction of sp³-hybridized carbons (Fsp3) is 0.385. The monoisotopic (exact) mass is 463 g/mol. The summed E-state index contributed by atoms with van der Waals surface area (Å²) in [6.07, 6.45) is 2.64. The third-order valence-corrected chi connectivity index (χ3v) is 8.14. The zero-order chi connectivity index (χ0) is 23.4. The summed E-state index contributed by atoms with van der Waals surface area (Å²) in [6, 6.07) is 15.1. The lowest BCUT2D eigenvalue weighted by molar-refractivity contribution is -0.118.